The fraction of sp³-hybridized carbons (Fsp3) is 0.462. The molecule has 4 heteroatoms. The number of nitrogens with zero attached hydrogens (tertiary/aromatic N) is 1. The molecule has 0 bridgehead atoms. The number of benzene rings is 1. The fourth-order valence-corrected chi connectivity index (χ4v) is 1.99. The van der Waals surface area contributed by atoms with Gasteiger partial charge in [0, 0.05) is 5.69 Å². The molecule has 94 valence electrons. The van der Waals surface area contributed by atoms with Crippen LogP contribution in [0, 0.1) is 0 Å². The molecule has 1 amide bonds. The maximum absolute atomic E-state index is 12.4. The summed E-state index contributed by atoms with van der Waals surface area (Å²) in [5.74, 6) is -0.134. The van der Waals surface area contributed by atoms with Gasteiger partial charge in [-0.15, -0.1) is 23.2 Å². The number of halogens is 2. The van der Waals surface area contributed by atoms with Gasteiger partial charge in [0.2, 0.25) is 5.91 Å². The average Bonchev–Trinajstić information content (AvgIpc) is 2.39. The summed E-state index contributed by atoms with van der Waals surface area (Å²) < 4.78 is 0. The van der Waals surface area contributed by atoms with Crippen LogP contribution in [0.3, 0.4) is 0 Å². The lowest BCUT2D eigenvalue weighted by molar-refractivity contribution is -0.121. The van der Waals surface area contributed by atoms with Crippen LogP contribution in [-0.4, -0.2) is 16.8 Å². The second-order valence-electron chi connectivity index (χ2n) is 3.86. The van der Waals surface area contributed by atoms with E-state index >= 15 is 0 Å². The van der Waals surface area contributed by atoms with Gasteiger partial charge in [0.1, 0.15) is 10.9 Å². The maximum Gasteiger partial charge on any atom is 0.249 e. The van der Waals surface area contributed by atoms with Gasteiger partial charge in [0.25, 0.3) is 0 Å². The highest BCUT2D eigenvalue weighted by Crippen LogP contribution is 2.29. The number of hydrogen-bond acceptors (Lipinski definition) is 1. The van der Waals surface area contributed by atoms with Gasteiger partial charge in [0.15, 0.2) is 0 Å². The van der Waals surface area contributed by atoms with Gasteiger partial charge >= 0.3 is 0 Å². The van der Waals surface area contributed by atoms with Crippen LogP contribution in [0.5, 0.6) is 0 Å². The first kappa shape index (κ1) is 14.3. The number of alkyl halides is 2. The second kappa shape index (κ2) is 6.27. The molecule has 1 aromatic carbocycles. The van der Waals surface area contributed by atoms with Crippen LogP contribution < -0.4 is 4.90 Å². The zero-order chi connectivity index (χ0) is 12.9. The summed E-state index contributed by atoms with van der Waals surface area (Å²) in [4.78, 5) is 13.0. The van der Waals surface area contributed by atoms with E-state index in [-0.39, 0.29) is 11.9 Å². The maximum atomic E-state index is 12.4. The minimum Gasteiger partial charge on any atom is -0.297 e. The molecule has 0 spiro atoms. The quantitative estimate of drug-likeness (QED) is 0.586. The van der Waals surface area contributed by atoms with Crippen molar-refractivity contribution in [3.05, 3.63) is 30.3 Å². The second-order valence-corrected chi connectivity index (χ2v) is 4.82. The van der Waals surface area contributed by atoms with Crippen molar-refractivity contribution in [2.75, 3.05) is 10.9 Å². The molecule has 0 saturated carbocycles. The van der Waals surface area contributed by atoms with Gasteiger partial charge < -0.3 is 0 Å². The Morgan fingerprint density at radius 3 is 2.18 bits per heavy atom. The Balaban J connectivity index is 3.00. The van der Waals surface area contributed by atoms with E-state index < -0.39 is 4.87 Å². The van der Waals surface area contributed by atoms with Crippen LogP contribution in [0.4, 0.5) is 5.69 Å². The van der Waals surface area contributed by atoms with Gasteiger partial charge in [-0.25, -0.2) is 0 Å². The lowest BCUT2D eigenvalue weighted by Gasteiger charge is -2.30. The molecule has 0 fully saturated rings. The highest BCUT2D eigenvalue weighted by Gasteiger charge is 2.36. The molecule has 0 atom stereocenters. The van der Waals surface area contributed by atoms with E-state index in [4.69, 9.17) is 23.2 Å². The normalized spacial score (nSPS) is 11.3. The summed E-state index contributed by atoms with van der Waals surface area (Å²) in [5.41, 5.74) is 0.777. The van der Waals surface area contributed by atoms with Gasteiger partial charge in [-0.2, -0.15) is 0 Å². The van der Waals surface area contributed by atoms with Crippen molar-refractivity contribution in [1.82, 2.24) is 0 Å². The van der Waals surface area contributed by atoms with Gasteiger partial charge in [-0.1, -0.05) is 32.0 Å². The molecule has 0 heterocycles. The van der Waals surface area contributed by atoms with Crippen molar-refractivity contribution in [3.63, 3.8) is 0 Å². The fourth-order valence-electron chi connectivity index (χ4n) is 1.64. The zero-order valence-electron chi connectivity index (χ0n) is 10.1. The first-order chi connectivity index (χ1) is 8.09. The molecule has 0 aliphatic carbocycles. The van der Waals surface area contributed by atoms with Gasteiger partial charge in [-0.05, 0) is 25.0 Å². The van der Waals surface area contributed by atoms with Crippen LogP contribution >= 0.6 is 23.2 Å². The highest BCUT2D eigenvalue weighted by molar-refractivity contribution is 6.37. The van der Waals surface area contributed by atoms with Crippen LogP contribution in [0.15, 0.2) is 30.3 Å². The molecular formula is C13H17Cl2NO. The standard InChI is InChI=1S/C13H17Cl2NO/c1-3-13(15,4-2)12(17)16(10-14)11-8-6-5-7-9-11/h5-9H,3-4,10H2,1-2H3. The monoisotopic (exact) mass is 273 g/mol. The third-order valence-corrected chi connectivity index (χ3v) is 3.87. The summed E-state index contributed by atoms with van der Waals surface area (Å²) in [7, 11) is 0. The van der Waals surface area contributed by atoms with Gasteiger partial charge in [-0.3, -0.25) is 9.69 Å². The molecule has 0 N–H and O–H groups in total. The number of carbonyl (C=O) groups excluding carboxylic acids is 1. The van der Waals surface area contributed by atoms with E-state index in [0.717, 1.165) is 5.69 Å². The van der Waals surface area contributed by atoms with Crippen LogP contribution in [0.2, 0.25) is 0 Å². The number of amides is 1. The molecule has 0 aromatic heterocycles. The smallest absolute Gasteiger partial charge is 0.249 e. The molecule has 0 aliphatic rings. The number of hydrogen-bond donors (Lipinski definition) is 0. The Hall–Kier alpha value is -0.730. The van der Waals surface area contributed by atoms with Crippen LogP contribution in [0.1, 0.15) is 26.7 Å². The van der Waals surface area contributed by atoms with Crippen molar-refractivity contribution >= 4 is 34.8 Å². The first-order valence-corrected chi connectivity index (χ1v) is 6.62. The molecule has 0 aliphatic heterocycles. The summed E-state index contributed by atoms with van der Waals surface area (Å²) in [5, 5.41) is 0. The lowest BCUT2D eigenvalue weighted by atomic mass is 10.0. The van der Waals surface area contributed by atoms with Gasteiger partial charge in [0.05, 0.1) is 0 Å². The molecule has 0 saturated heterocycles. The van der Waals surface area contributed by atoms with E-state index in [1.54, 1.807) is 0 Å². The molecule has 0 unspecified atom stereocenters. The average molecular weight is 274 g/mol. The molecular weight excluding hydrogens is 257 g/mol. The van der Waals surface area contributed by atoms with Crippen molar-refractivity contribution in [3.8, 4) is 0 Å². The Bertz CT molecular complexity index is 363. The van der Waals surface area contributed by atoms with E-state index in [1.807, 2.05) is 44.2 Å². The lowest BCUT2D eigenvalue weighted by Crippen LogP contribution is -2.44. The third kappa shape index (κ3) is 3.14. The summed E-state index contributed by atoms with van der Waals surface area (Å²) >= 11 is 12.2. The topological polar surface area (TPSA) is 20.3 Å². The number of carbonyl (C=O) groups is 1. The van der Waals surface area contributed by atoms with E-state index in [0.29, 0.717) is 12.8 Å². The van der Waals surface area contributed by atoms with Crippen molar-refractivity contribution in [2.24, 2.45) is 0 Å². The van der Waals surface area contributed by atoms with Crippen LogP contribution in [-0.2, 0) is 4.79 Å². The van der Waals surface area contributed by atoms with Crippen molar-refractivity contribution < 1.29 is 4.79 Å². The van der Waals surface area contributed by atoms with Crippen molar-refractivity contribution in [2.45, 2.75) is 31.6 Å². The SMILES string of the molecule is CCC(Cl)(CC)C(=O)N(CCl)c1ccccc1. The molecule has 0 radical (unpaired) electrons. The summed E-state index contributed by atoms with van der Waals surface area (Å²) in [6.45, 7) is 3.82. The first-order valence-electron chi connectivity index (χ1n) is 5.71. The Morgan fingerprint density at radius 1 is 1.24 bits per heavy atom. The predicted molar refractivity (Wildman–Crippen MR) is 73.8 cm³/mol. The molecule has 2 nitrogen and oxygen atoms in total. The van der Waals surface area contributed by atoms with E-state index in [9.17, 15) is 4.79 Å². The Labute approximate surface area is 113 Å². The minimum absolute atomic E-state index is 0.108. The van der Waals surface area contributed by atoms with E-state index in [2.05, 4.69) is 0 Å². The Kier molecular flexibility index (Phi) is 5.29. The van der Waals surface area contributed by atoms with E-state index in [1.165, 1.54) is 4.90 Å². The number of para-hydroxylation sites is 1. The molecule has 1 aromatic rings. The van der Waals surface area contributed by atoms with Crippen LogP contribution in [0.25, 0.3) is 0 Å². The summed E-state index contributed by atoms with van der Waals surface area (Å²) in [6, 6.07) is 9.45. The molecule has 1 rings (SSSR count). The number of rotatable bonds is 5. The number of anilines is 1. The minimum atomic E-state index is -0.856. The molecule has 17 heavy (non-hydrogen) atoms. The highest BCUT2D eigenvalue weighted by atomic mass is 35.5. The predicted octanol–water partition coefficient (Wildman–Crippen LogP) is 4.01. The largest absolute Gasteiger partial charge is 0.297 e. The summed E-state index contributed by atoms with van der Waals surface area (Å²) in [6.07, 6.45) is 1.17. The Morgan fingerprint density at radius 2 is 1.76 bits per heavy atom. The van der Waals surface area contributed by atoms with Crippen molar-refractivity contribution in [1.29, 1.82) is 0 Å². The zero-order valence-corrected chi connectivity index (χ0v) is 11.6. The third-order valence-electron chi connectivity index (χ3n) is 2.94.